The van der Waals surface area contributed by atoms with Gasteiger partial charge in [0.25, 0.3) is 0 Å². The van der Waals surface area contributed by atoms with E-state index in [1.54, 1.807) is 0 Å². The average Bonchev–Trinajstić information content (AvgIpc) is 2.86. The number of carbonyl (C=O) groups excluding carboxylic acids is 1. The molecule has 4 nitrogen and oxygen atoms in total. The number of hydrogen-bond acceptors (Lipinski definition) is 4. The SMILES string of the molecule is O=C(Cc1nc(CCl)cs1)N1CCC(CO)CC1. The maximum absolute atomic E-state index is 12.1. The minimum Gasteiger partial charge on any atom is -0.396 e. The summed E-state index contributed by atoms with van der Waals surface area (Å²) in [4.78, 5) is 18.2. The van der Waals surface area contributed by atoms with Crippen molar-refractivity contribution in [3.63, 3.8) is 0 Å². The van der Waals surface area contributed by atoms with Crippen LogP contribution in [0, 0.1) is 5.92 Å². The van der Waals surface area contributed by atoms with E-state index in [1.807, 2.05) is 10.3 Å². The summed E-state index contributed by atoms with van der Waals surface area (Å²) >= 11 is 7.17. The topological polar surface area (TPSA) is 53.4 Å². The summed E-state index contributed by atoms with van der Waals surface area (Å²) < 4.78 is 0. The van der Waals surface area contributed by atoms with Gasteiger partial charge in [-0.1, -0.05) is 0 Å². The Bertz CT molecular complexity index is 403. The third-order valence-corrected chi connectivity index (χ3v) is 4.44. The Morgan fingerprint density at radius 3 is 2.83 bits per heavy atom. The standard InChI is InChI=1S/C12H17ClN2O2S/c13-6-10-8-18-11(14-10)5-12(17)15-3-1-9(7-16)2-4-15/h8-9,16H,1-7H2. The van der Waals surface area contributed by atoms with Crippen molar-refractivity contribution in [2.75, 3.05) is 19.7 Å². The van der Waals surface area contributed by atoms with Gasteiger partial charge in [-0.2, -0.15) is 0 Å². The van der Waals surface area contributed by atoms with E-state index in [2.05, 4.69) is 4.98 Å². The van der Waals surface area contributed by atoms with Crippen molar-refractivity contribution >= 4 is 28.8 Å². The highest BCUT2D eigenvalue weighted by atomic mass is 35.5. The zero-order valence-electron chi connectivity index (χ0n) is 10.1. The van der Waals surface area contributed by atoms with Gasteiger partial charge in [-0.25, -0.2) is 4.98 Å². The number of likely N-dealkylation sites (tertiary alicyclic amines) is 1. The van der Waals surface area contributed by atoms with Crippen LogP contribution in [0.4, 0.5) is 0 Å². The number of alkyl halides is 1. The molecule has 0 aromatic carbocycles. The molecule has 1 fully saturated rings. The molecule has 2 heterocycles. The second-order valence-electron chi connectivity index (χ2n) is 4.55. The van der Waals surface area contributed by atoms with Crippen LogP contribution >= 0.6 is 22.9 Å². The smallest absolute Gasteiger partial charge is 0.229 e. The fraction of sp³-hybridized carbons (Fsp3) is 0.667. The number of piperidine rings is 1. The third-order valence-electron chi connectivity index (χ3n) is 3.26. The number of nitrogens with zero attached hydrogens (tertiary/aromatic N) is 2. The van der Waals surface area contributed by atoms with Gasteiger partial charge in [-0.15, -0.1) is 22.9 Å². The average molecular weight is 289 g/mol. The van der Waals surface area contributed by atoms with Crippen molar-refractivity contribution < 1.29 is 9.90 Å². The molecule has 0 saturated carbocycles. The number of amides is 1. The predicted molar refractivity (Wildman–Crippen MR) is 71.8 cm³/mol. The molecule has 0 bridgehead atoms. The lowest BCUT2D eigenvalue weighted by Crippen LogP contribution is -2.40. The number of aliphatic hydroxyl groups excluding tert-OH is 1. The van der Waals surface area contributed by atoms with Gasteiger partial charge in [0, 0.05) is 25.1 Å². The molecule has 1 aromatic rings. The van der Waals surface area contributed by atoms with Crippen LogP contribution in [-0.4, -0.2) is 40.6 Å². The molecule has 1 saturated heterocycles. The number of thiazole rings is 1. The van der Waals surface area contributed by atoms with Gasteiger partial charge in [-0.3, -0.25) is 4.79 Å². The number of hydrogen-bond donors (Lipinski definition) is 1. The first-order valence-corrected chi connectivity index (χ1v) is 7.52. The number of aromatic nitrogens is 1. The van der Waals surface area contributed by atoms with Gasteiger partial charge in [0.1, 0.15) is 5.01 Å². The Labute approximate surface area is 116 Å². The first-order valence-electron chi connectivity index (χ1n) is 6.10. The summed E-state index contributed by atoms with van der Waals surface area (Å²) in [7, 11) is 0. The second kappa shape index (κ2) is 6.50. The van der Waals surface area contributed by atoms with Crippen LogP contribution in [0.25, 0.3) is 0 Å². The monoisotopic (exact) mass is 288 g/mol. The molecule has 0 spiro atoms. The van der Waals surface area contributed by atoms with Gasteiger partial charge in [0.2, 0.25) is 5.91 Å². The molecule has 0 atom stereocenters. The Morgan fingerprint density at radius 1 is 1.56 bits per heavy atom. The minimum atomic E-state index is 0.127. The fourth-order valence-electron chi connectivity index (χ4n) is 2.10. The summed E-state index contributed by atoms with van der Waals surface area (Å²) in [5, 5.41) is 11.8. The summed E-state index contributed by atoms with van der Waals surface area (Å²) in [5.74, 6) is 0.880. The lowest BCUT2D eigenvalue weighted by atomic mass is 9.98. The molecule has 100 valence electrons. The lowest BCUT2D eigenvalue weighted by Gasteiger charge is -2.31. The highest BCUT2D eigenvalue weighted by Gasteiger charge is 2.22. The van der Waals surface area contributed by atoms with E-state index in [0.717, 1.165) is 36.6 Å². The molecule has 2 rings (SSSR count). The van der Waals surface area contributed by atoms with Crippen LogP contribution in [0.3, 0.4) is 0 Å². The Kier molecular flexibility index (Phi) is 4.97. The van der Waals surface area contributed by atoms with Crippen molar-refractivity contribution in [1.29, 1.82) is 0 Å². The van der Waals surface area contributed by atoms with E-state index in [-0.39, 0.29) is 12.5 Å². The van der Waals surface area contributed by atoms with E-state index in [0.29, 0.717) is 18.2 Å². The van der Waals surface area contributed by atoms with Gasteiger partial charge < -0.3 is 10.0 Å². The van der Waals surface area contributed by atoms with Gasteiger partial charge in [0.15, 0.2) is 0 Å². The molecule has 6 heteroatoms. The molecule has 0 aliphatic carbocycles. The van der Waals surface area contributed by atoms with Gasteiger partial charge in [0.05, 0.1) is 18.0 Å². The van der Waals surface area contributed by atoms with Crippen molar-refractivity contribution in [2.45, 2.75) is 25.1 Å². The van der Waals surface area contributed by atoms with Crippen molar-refractivity contribution in [3.8, 4) is 0 Å². The number of aliphatic hydroxyl groups is 1. The second-order valence-corrected chi connectivity index (χ2v) is 5.76. The first kappa shape index (κ1) is 13.8. The summed E-state index contributed by atoms with van der Waals surface area (Å²) in [6.07, 6.45) is 2.16. The molecular formula is C12H17ClN2O2S. The Hall–Kier alpha value is -0.650. The maximum Gasteiger partial charge on any atom is 0.229 e. The van der Waals surface area contributed by atoms with Gasteiger partial charge >= 0.3 is 0 Å². The van der Waals surface area contributed by atoms with E-state index >= 15 is 0 Å². The first-order chi connectivity index (χ1) is 8.72. The number of carbonyl (C=O) groups is 1. The molecule has 1 aromatic heterocycles. The van der Waals surface area contributed by atoms with E-state index in [9.17, 15) is 4.79 Å². The van der Waals surface area contributed by atoms with Crippen LogP contribution < -0.4 is 0 Å². The fourth-order valence-corrected chi connectivity index (χ4v) is 3.11. The predicted octanol–water partition coefficient (Wildman–Crippen LogP) is 1.66. The van der Waals surface area contributed by atoms with Crippen LogP contribution in [0.1, 0.15) is 23.5 Å². The molecule has 1 N–H and O–H groups in total. The molecular weight excluding hydrogens is 272 g/mol. The number of halogens is 1. The van der Waals surface area contributed by atoms with Crippen molar-refractivity contribution in [3.05, 3.63) is 16.1 Å². The van der Waals surface area contributed by atoms with Crippen LogP contribution in [0.2, 0.25) is 0 Å². The van der Waals surface area contributed by atoms with Crippen LogP contribution in [0.5, 0.6) is 0 Å². The molecule has 0 radical (unpaired) electrons. The molecule has 1 aliphatic rings. The lowest BCUT2D eigenvalue weighted by molar-refractivity contribution is -0.132. The molecule has 18 heavy (non-hydrogen) atoms. The van der Waals surface area contributed by atoms with Crippen LogP contribution in [0.15, 0.2) is 5.38 Å². The minimum absolute atomic E-state index is 0.127. The zero-order valence-corrected chi connectivity index (χ0v) is 11.7. The Morgan fingerprint density at radius 2 is 2.28 bits per heavy atom. The summed E-state index contributed by atoms with van der Waals surface area (Å²) in [5.41, 5.74) is 0.837. The quantitative estimate of drug-likeness (QED) is 0.857. The van der Waals surface area contributed by atoms with Crippen molar-refractivity contribution in [2.24, 2.45) is 5.92 Å². The highest BCUT2D eigenvalue weighted by Crippen LogP contribution is 2.18. The third kappa shape index (κ3) is 3.43. The summed E-state index contributed by atoms with van der Waals surface area (Å²) in [6.45, 7) is 1.73. The number of rotatable bonds is 4. The van der Waals surface area contributed by atoms with E-state index < -0.39 is 0 Å². The van der Waals surface area contributed by atoms with Gasteiger partial charge in [-0.05, 0) is 18.8 Å². The maximum atomic E-state index is 12.1. The molecule has 0 unspecified atom stereocenters. The van der Waals surface area contributed by atoms with E-state index in [1.165, 1.54) is 11.3 Å². The normalized spacial score (nSPS) is 17.1. The van der Waals surface area contributed by atoms with Crippen LogP contribution in [-0.2, 0) is 17.1 Å². The summed E-state index contributed by atoms with van der Waals surface area (Å²) in [6, 6.07) is 0. The largest absolute Gasteiger partial charge is 0.396 e. The highest BCUT2D eigenvalue weighted by molar-refractivity contribution is 7.09. The molecule has 1 aliphatic heterocycles. The molecule has 1 amide bonds. The van der Waals surface area contributed by atoms with E-state index in [4.69, 9.17) is 16.7 Å². The Balaban J connectivity index is 1.85. The zero-order chi connectivity index (χ0) is 13.0. The van der Waals surface area contributed by atoms with Crippen molar-refractivity contribution in [1.82, 2.24) is 9.88 Å².